The van der Waals surface area contributed by atoms with E-state index in [0.717, 1.165) is 0 Å². The molecule has 0 saturated heterocycles. The molecule has 0 bridgehead atoms. The van der Waals surface area contributed by atoms with Crippen molar-refractivity contribution in [3.8, 4) is 11.5 Å². The average Bonchev–Trinajstić information content (AvgIpc) is 2.89. The second-order valence-electron chi connectivity index (χ2n) is 6.30. The summed E-state index contributed by atoms with van der Waals surface area (Å²) in [6, 6.07) is 7.53. The van der Waals surface area contributed by atoms with E-state index in [9.17, 15) is 15.0 Å². The highest BCUT2D eigenvalue weighted by atomic mass is 79.9. The van der Waals surface area contributed by atoms with Gasteiger partial charge in [-0.2, -0.15) is 10.1 Å². The van der Waals surface area contributed by atoms with Gasteiger partial charge in [0, 0.05) is 14.5 Å². The third-order valence-electron chi connectivity index (χ3n) is 3.94. The number of phenols is 2. The van der Waals surface area contributed by atoms with Gasteiger partial charge in [-0.1, -0.05) is 53.0 Å². The van der Waals surface area contributed by atoms with Gasteiger partial charge >= 0.3 is 0 Å². The lowest BCUT2D eigenvalue weighted by atomic mass is 9.98. The van der Waals surface area contributed by atoms with E-state index in [1.807, 2.05) is 13.8 Å². The number of hydrogen-bond donors (Lipinski definition) is 2. The number of rotatable bonds is 3. The summed E-state index contributed by atoms with van der Waals surface area (Å²) in [6.45, 7) is 3.86. The van der Waals surface area contributed by atoms with Crippen LogP contribution in [0.1, 0.15) is 19.4 Å². The Morgan fingerprint density at radius 2 is 1.67 bits per heavy atom. The van der Waals surface area contributed by atoms with Crippen molar-refractivity contribution in [1.29, 1.82) is 0 Å². The molecule has 0 spiro atoms. The highest BCUT2D eigenvalue weighted by molar-refractivity contribution is 9.10. The molecule has 0 fully saturated rings. The number of carbonyl (C=O) groups excluding carboxylic acids is 1. The molecule has 1 amide bonds. The van der Waals surface area contributed by atoms with Crippen molar-refractivity contribution in [1.82, 2.24) is 0 Å². The molecule has 1 aliphatic heterocycles. The fourth-order valence-corrected chi connectivity index (χ4v) is 3.62. The first-order valence-electron chi connectivity index (χ1n) is 8.00. The van der Waals surface area contributed by atoms with Gasteiger partial charge in [-0.15, -0.1) is 0 Å². The van der Waals surface area contributed by atoms with E-state index in [2.05, 4.69) is 21.0 Å². The largest absolute Gasteiger partial charge is 0.504 e. The number of anilines is 1. The van der Waals surface area contributed by atoms with Gasteiger partial charge < -0.3 is 10.2 Å². The van der Waals surface area contributed by atoms with E-state index in [0.29, 0.717) is 37.1 Å². The fraction of sp³-hybridized carbons (Fsp3) is 0.158. The molecule has 3 rings (SSSR count). The van der Waals surface area contributed by atoms with Crippen LogP contribution in [0.25, 0.3) is 6.08 Å². The zero-order valence-corrected chi connectivity index (χ0v) is 17.5. The third kappa shape index (κ3) is 3.98. The molecule has 2 aromatic carbocycles. The van der Waals surface area contributed by atoms with Crippen molar-refractivity contribution in [3.05, 3.63) is 56.0 Å². The highest BCUT2D eigenvalue weighted by Crippen LogP contribution is 2.35. The second kappa shape index (κ2) is 7.54. The molecule has 0 radical (unpaired) electrons. The summed E-state index contributed by atoms with van der Waals surface area (Å²) in [6.07, 6.45) is 1.62. The van der Waals surface area contributed by atoms with Gasteiger partial charge in [0.2, 0.25) is 0 Å². The number of benzene rings is 2. The Bertz CT molecular complexity index is 982. The van der Waals surface area contributed by atoms with E-state index in [1.165, 1.54) is 17.1 Å². The van der Waals surface area contributed by atoms with Crippen LogP contribution in [-0.4, -0.2) is 21.8 Å². The van der Waals surface area contributed by atoms with Gasteiger partial charge in [-0.25, -0.2) is 0 Å². The number of carbonyl (C=O) groups is 1. The Kier molecular flexibility index (Phi) is 5.51. The van der Waals surface area contributed by atoms with Crippen molar-refractivity contribution in [2.24, 2.45) is 11.0 Å². The smallest absolute Gasteiger partial charge is 0.280 e. The summed E-state index contributed by atoms with van der Waals surface area (Å²) in [4.78, 5) is 13.0. The predicted molar refractivity (Wildman–Crippen MR) is 112 cm³/mol. The molecule has 27 heavy (non-hydrogen) atoms. The minimum atomic E-state index is -0.337. The maximum absolute atomic E-state index is 13.0. The first-order chi connectivity index (χ1) is 12.7. The number of halogens is 3. The number of amides is 1. The van der Waals surface area contributed by atoms with Gasteiger partial charge in [-0.05, 0) is 47.9 Å². The summed E-state index contributed by atoms with van der Waals surface area (Å²) in [5.41, 5.74) is 1.97. The molecule has 0 unspecified atom stereocenters. The molecule has 1 heterocycles. The average molecular weight is 470 g/mol. The van der Waals surface area contributed by atoms with E-state index in [1.54, 1.807) is 24.3 Å². The molecule has 1 aliphatic rings. The topological polar surface area (TPSA) is 73.1 Å². The number of hydrogen-bond acceptors (Lipinski definition) is 4. The van der Waals surface area contributed by atoms with Gasteiger partial charge in [0.1, 0.15) is 0 Å². The number of nitrogens with zero attached hydrogens (tertiary/aromatic N) is 2. The van der Waals surface area contributed by atoms with Crippen LogP contribution in [0.2, 0.25) is 10.0 Å². The summed E-state index contributed by atoms with van der Waals surface area (Å²) in [5.74, 6) is -0.896. The molecule has 5 nitrogen and oxygen atoms in total. The predicted octanol–water partition coefficient (Wildman–Crippen LogP) is 5.61. The van der Waals surface area contributed by atoms with E-state index in [-0.39, 0.29) is 23.3 Å². The molecule has 0 aromatic heterocycles. The molecule has 8 heteroatoms. The van der Waals surface area contributed by atoms with Crippen molar-refractivity contribution in [2.75, 3.05) is 5.01 Å². The van der Waals surface area contributed by atoms with Crippen LogP contribution < -0.4 is 5.01 Å². The first kappa shape index (κ1) is 19.7. The van der Waals surface area contributed by atoms with Gasteiger partial charge in [-0.3, -0.25) is 4.79 Å². The van der Waals surface area contributed by atoms with E-state index < -0.39 is 0 Å². The van der Waals surface area contributed by atoms with Crippen LogP contribution in [-0.2, 0) is 4.79 Å². The summed E-state index contributed by atoms with van der Waals surface area (Å²) in [5, 5.41) is 25.9. The lowest BCUT2D eigenvalue weighted by Crippen LogP contribution is -2.21. The normalized spacial score (nSPS) is 15.8. The first-order valence-corrected chi connectivity index (χ1v) is 9.55. The van der Waals surface area contributed by atoms with Crippen LogP contribution in [0.5, 0.6) is 11.5 Å². The maximum Gasteiger partial charge on any atom is 0.280 e. The molecule has 2 aromatic rings. The zero-order chi connectivity index (χ0) is 19.9. The molecule has 0 atom stereocenters. The Labute approximate surface area is 174 Å². The molecule has 2 N–H and O–H groups in total. The van der Waals surface area contributed by atoms with Crippen molar-refractivity contribution >= 4 is 62.5 Å². The van der Waals surface area contributed by atoms with Crippen molar-refractivity contribution in [3.63, 3.8) is 0 Å². The highest BCUT2D eigenvalue weighted by Gasteiger charge is 2.33. The monoisotopic (exact) mass is 468 g/mol. The Hall–Kier alpha value is -2.02. The molecular formula is C19H15BrCl2N2O3. The van der Waals surface area contributed by atoms with Crippen LogP contribution in [0.15, 0.2) is 45.5 Å². The SMILES string of the molecule is CC(C)C1=NN(c2cc(Cl)cc(Cl)c2)C(=O)/C1=C/c1cc(O)c(O)cc1Br. The maximum atomic E-state index is 13.0. The summed E-state index contributed by atoms with van der Waals surface area (Å²) >= 11 is 15.4. The lowest BCUT2D eigenvalue weighted by Gasteiger charge is -2.12. The van der Waals surface area contributed by atoms with Gasteiger partial charge in [0.25, 0.3) is 5.91 Å². The minimum absolute atomic E-state index is 0.0238. The Morgan fingerprint density at radius 3 is 2.26 bits per heavy atom. The van der Waals surface area contributed by atoms with Crippen LogP contribution in [0.3, 0.4) is 0 Å². The summed E-state index contributed by atoms with van der Waals surface area (Å²) in [7, 11) is 0. The van der Waals surface area contributed by atoms with Crippen molar-refractivity contribution in [2.45, 2.75) is 13.8 Å². The number of hydrazone groups is 1. The molecule has 140 valence electrons. The van der Waals surface area contributed by atoms with E-state index >= 15 is 0 Å². The van der Waals surface area contributed by atoms with E-state index in [4.69, 9.17) is 23.2 Å². The standard InChI is InChI=1S/C19H15BrCl2N2O3/c1-9(2)18-14(3-10-4-16(25)17(26)8-15(10)20)19(27)24(23-18)13-6-11(21)5-12(22)7-13/h3-9,25-26H,1-2H3/b14-3+. The molecule has 0 aliphatic carbocycles. The molecule has 0 saturated carbocycles. The molecular weight excluding hydrogens is 455 g/mol. The van der Waals surface area contributed by atoms with Crippen LogP contribution in [0, 0.1) is 5.92 Å². The Balaban J connectivity index is 2.10. The number of aromatic hydroxyl groups is 2. The van der Waals surface area contributed by atoms with Gasteiger partial charge in [0.15, 0.2) is 11.5 Å². The quantitative estimate of drug-likeness (QED) is 0.453. The van der Waals surface area contributed by atoms with Gasteiger partial charge in [0.05, 0.1) is 17.0 Å². The van der Waals surface area contributed by atoms with Crippen LogP contribution >= 0.6 is 39.1 Å². The lowest BCUT2D eigenvalue weighted by molar-refractivity contribution is -0.114. The van der Waals surface area contributed by atoms with Crippen molar-refractivity contribution < 1.29 is 15.0 Å². The third-order valence-corrected chi connectivity index (χ3v) is 5.06. The summed E-state index contributed by atoms with van der Waals surface area (Å²) < 4.78 is 0.533. The Morgan fingerprint density at radius 1 is 1.07 bits per heavy atom. The minimum Gasteiger partial charge on any atom is -0.504 e. The van der Waals surface area contributed by atoms with Crippen LogP contribution in [0.4, 0.5) is 5.69 Å². The number of phenolic OH excluding ortho intramolecular Hbond substituents is 2. The zero-order valence-electron chi connectivity index (χ0n) is 14.4. The second-order valence-corrected chi connectivity index (χ2v) is 8.03. The fourth-order valence-electron chi connectivity index (χ4n) is 2.66.